The first-order valence-electron chi connectivity index (χ1n) is 4.33. The van der Waals surface area contributed by atoms with E-state index in [1.54, 1.807) is 24.8 Å². The summed E-state index contributed by atoms with van der Waals surface area (Å²) in [4.78, 5) is 16.6. The lowest BCUT2D eigenvalue weighted by atomic mass is 10.3. The molecule has 2 heterocycles. The van der Waals surface area contributed by atoms with E-state index in [0.29, 0.717) is 11.6 Å². The average Bonchev–Trinajstić information content (AvgIpc) is 2.21. The van der Waals surface area contributed by atoms with Gasteiger partial charge in [-0.2, -0.15) is 0 Å². The van der Waals surface area contributed by atoms with Crippen molar-refractivity contribution in [2.75, 3.05) is 0 Å². The van der Waals surface area contributed by atoms with Crippen LogP contribution in [0.15, 0.2) is 24.8 Å². The highest BCUT2D eigenvalue weighted by molar-refractivity contribution is 5.41. The fourth-order valence-electron chi connectivity index (χ4n) is 1.02. The van der Waals surface area contributed by atoms with E-state index in [0.717, 1.165) is 11.1 Å². The predicted molar refractivity (Wildman–Crippen MR) is 52.5 cm³/mol. The first-order valence-corrected chi connectivity index (χ1v) is 4.33. The van der Waals surface area contributed by atoms with E-state index < -0.39 is 0 Å². The van der Waals surface area contributed by atoms with Crippen molar-refractivity contribution in [3.05, 3.63) is 35.9 Å². The van der Waals surface area contributed by atoms with Crippen LogP contribution in [-0.2, 0) is 0 Å². The van der Waals surface area contributed by atoms with Crippen LogP contribution in [0.1, 0.15) is 11.1 Å². The number of hydrogen-bond donors (Lipinski definition) is 0. The van der Waals surface area contributed by atoms with Crippen molar-refractivity contribution in [1.29, 1.82) is 0 Å². The van der Waals surface area contributed by atoms with Gasteiger partial charge in [0.15, 0.2) is 11.6 Å². The van der Waals surface area contributed by atoms with Crippen molar-refractivity contribution in [1.82, 2.24) is 19.9 Å². The van der Waals surface area contributed by atoms with Crippen molar-refractivity contribution < 1.29 is 0 Å². The Labute approximate surface area is 82.1 Å². The van der Waals surface area contributed by atoms with Crippen LogP contribution in [0, 0.1) is 13.8 Å². The molecule has 14 heavy (non-hydrogen) atoms. The van der Waals surface area contributed by atoms with Crippen molar-refractivity contribution in [3.63, 3.8) is 0 Å². The van der Waals surface area contributed by atoms with Gasteiger partial charge in [0.1, 0.15) is 0 Å². The maximum absolute atomic E-state index is 4.14. The SMILES string of the molecule is Cc1cnc(-c2ncc(C)cn2)nc1. The molecule has 0 fully saturated rings. The highest BCUT2D eigenvalue weighted by Gasteiger charge is 2.02. The lowest BCUT2D eigenvalue weighted by Gasteiger charge is -1.98. The highest BCUT2D eigenvalue weighted by atomic mass is 15.0. The van der Waals surface area contributed by atoms with Crippen LogP contribution in [0.3, 0.4) is 0 Å². The molecule has 2 aromatic rings. The number of hydrogen-bond acceptors (Lipinski definition) is 4. The number of rotatable bonds is 1. The molecule has 2 rings (SSSR count). The Morgan fingerprint density at radius 2 is 0.929 bits per heavy atom. The normalized spacial score (nSPS) is 10.1. The van der Waals surface area contributed by atoms with E-state index in [1.807, 2.05) is 13.8 Å². The summed E-state index contributed by atoms with van der Waals surface area (Å²) in [5.74, 6) is 1.13. The molecule has 0 atom stereocenters. The third kappa shape index (κ3) is 1.74. The van der Waals surface area contributed by atoms with Crippen molar-refractivity contribution in [2.24, 2.45) is 0 Å². The Balaban J connectivity index is 2.40. The van der Waals surface area contributed by atoms with E-state index in [9.17, 15) is 0 Å². The summed E-state index contributed by atoms with van der Waals surface area (Å²) in [5.41, 5.74) is 2.06. The van der Waals surface area contributed by atoms with E-state index in [4.69, 9.17) is 0 Å². The fraction of sp³-hybridized carbons (Fsp3) is 0.200. The van der Waals surface area contributed by atoms with Crippen LogP contribution >= 0.6 is 0 Å². The van der Waals surface area contributed by atoms with E-state index >= 15 is 0 Å². The van der Waals surface area contributed by atoms with Gasteiger partial charge in [-0.25, -0.2) is 19.9 Å². The van der Waals surface area contributed by atoms with E-state index in [1.165, 1.54) is 0 Å². The van der Waals surface area contributed by atoms with E-state index in [2.05, 4.69) is 19.9 Å². The molecular formula is C10H10N4. The molecule has 0 amide bonds. The molecule has 4 nitrogen and oxygen atoms in total. The predicted octanol–water partition coefficient (Wildman–Crippen LogP) is 1.55. The van der Waals surface area contributed by atoms with Gasteiger partial charge in [0.2, 0.25) is 0 Å². The summed E-state index contributed by atoms with van der Waals surface area (Å²) in [6.45, 7) is 3.89. The maximum atomic E-state index is 4.14. The smallest absolute Gasteiger partial charge is 0.197 e. The number of aryl methyl sites for hydroxylation is 2. The lowest BCUT2D eigenvalue weighted by Crippen LogP contribution is -1.94. The van der Waals surface area contributed by atoms with Gasteiger partial charge in [0.25, 0.3) is 0 Å². The summed E-state index contributed by atoms with van der Waals surface area (Å²) in [7, 11) is 0. The van der Waals surface area contributed by atoms with Gasteiger partial charge < -0.3 is 0 Å². The molecule has 0 saturated heterocycles. The molecular weight excluding hydrogens is 176 g/mol. The lowest BCUT2D eigenvalue weighted by molar-refractivity contribution is 1.05. The molecule has 0 saturated carbocycles. The molecule has 70 valence electrons. The second kappa shape index (κ2) is 3.49. The number of nitrogens with zero attached hydrogens (tertiary/aromatic N) is 4. The summed E-state index contributed by atoms with van der Waals surface area (Å²) in [6.07, 6.45) is 7.02. The first-order chi connectivity index (χ1) is 6.75. The highest BCUT2D eigenvalue weighted by Crippen LogP contribution is 2.07. The Hall–Kier alpha value is -1.84. The molecule has 0 aliphatic rings. The monoisotopic (exact) mass is 186 g/mol. The molecule has 0 aromatic carbocycles. The van der Waals surface area contributed by atoms with Gasteiger partial charge in [-0.3, -0.25) is 0 Å². The van der Waals surface area contributed by atoms with Gasteiger partial charge in [0, 0.05) is 24.8 Å². The summed E-state index contributed by atoms with van der Waals surface area (Å²) in [6, 6.07) is 0. The third-order valence-electron chi connectivity index (χ3n) is 1.76. The van der Waals surface area contributed by atoms with Crippen LogP contribution in [0.2, 0.25) is 0 Å². The topological polar surface area (TPSA) is 51.6 Å². The van der Waals surface area contributed by atoms with Crippen LogP contribution in [0.25, 0.3) is 11.6 Å². The van der Waals surface area contributed by atoms with Gasteiger partial charge in [-0.1, -0.05) is 0 Å². The molecule has 0 spiro atoms. The van der Waals surface area contributed by atoms with Gasteiger partial charge in [0.05, 0.1) is 0 Å². The van der Waals surface area contributed by atoms with Crippen molar-refractivity contribution >= 4 is 0 Å². The Morgan fingerprint density at radius 1 is 0.643 bits per heavy atom. The van der Waals surface area contributed by atoms with Crippen molar-refractivity contribution in [3.8, 4) is 11.6 Å². The molecule has 0 aliphatic carbocycles. The third-order valence-corrected chi connectivity index (χ3v) is 1.76. The molecule has 0 radical (unpaired) electrons. The minimum Gasteiger partial charge on any atom is -0.234 e. The van der Waals surface area contributed by atoms with Gasteiger partial charge >= 0.3 is 0 Å². The second-order valence-electron chi connectivity index (χ2n) is 3.17. The molecule has 2 aromatic heterocycles. The minimum atomic E-state index is 0.565. The molecule has 0 N–H and O–H groups in total. The molecule has 0 aliphatic heterocycles. The second-order valence-corrected chi connectivity index (χ2v) is 3.17. The van der Waals surface area contributed by atoms with E-state index in [-0.39, 0.29) is 0 Å². The zero-order chi connectivity index (χ0) is 9.97. The Kier molecular flexibility index (Phi) is 2.18. The first kappa shape index (κ1) is 8.74. The number of aromatic nitrogens is 4. The minimum absolute atomic E-state index is 0.565. The molecule has 0 unspecified atom stereocenters. The average molecular weight is 186 g/mol. The standard InChI is InChI=1S/C10H10N4/c1-7-3-11-9(12-4-7)10-13-5-8(2)6-14-10/h3-6H,1-2H3. The summed E-state index contributed by atoms with van der Waals surface area (Å²) in [5, 5.41) is 0. The maximum Gasteiger partial charge on any atom is 0.197 e. The summed E-state index contributed by atoms with van der Waals surface area (Å²) >= 11 is 0. The Bertz CT molecular complexity index is 375. The largest absolute Gasteiger partial charge is 0.234 e. The quantitative estimate of drug-likeness (QED) is 0.678. The Morgan fingerprint density at radius 3 is 1.21 bits per heavy atom. The zero-order valence-electron chi connectivity index (χ0n) is 8.10. The summed E-state index contributed by atoms with van der Waals surface area (Å²) < 4.78 is 0. The van der Waals surface area contributed by atoms with Crippen LogP contribution in [0.5, 0.6) is 0 Å². The zero-order valence-corrected chi connectivity index (χ0v) is 8.10. The fourth-order valence-corrected chi connectivity index (χ4v) is 1.02. The van der Waals surface area contributed by atoms with Gasteiger partial charge in [-0.15, -0.1) is 0 Å². The van der Waals surface area contributed by atoms with Gasteiger partial charge in [-0.05, 0) is 25.0 Å². The van der Waals surface area contributed by atoms with Crippen LogP contribution < -0.4 is 0 Å². The van der Waals surface area contributed by atoms with Crippen LogP contribution in [0.4, 0.5) is 0 Å². The van der Waals surface area contributed by atoms with Crippen molar-refractivity contribution in [2.45, 2.75) is 13.8 Å². The molecule has 4 heteroatoms. The van der Waals surface area contributed by atoms with Crippen LogP contribution in [-0.4, -0.2) is 19.9 Å². The molecule has 0 bridgehead atoms.